The maximum Gasteiger partial charge on any atom is 0.0603 e. The van der Waals surface area contributed by atoms with E-state index in [0.29, 0.717) is 0 Å². The molecule has 1 heterocycles. The number of aromatic amines is 1. The van der Waals surface area contributed by atoms with Gasteiger partial charge in [-0.2, -0.15) is 0 Å². The highest BCUT2D eigenvalue weighted by molar-refractivity contribution is 9.10. The van der Waals surface area contributed by atoms with Crippen molar-refractivity contribution in [2.45, 2.75) is 26.7 Å². The molecule has 2 nitrogen and oxygen atoms in total. The Morgan fingerprint density at radius 2 is 2.18 bits per heavy atom. The van der Waals surface area contributed by atoms with Crippen LogP contribution in [-0.4, -0.2) is 18.1 Å². The summed E-state index contributed by atoms with van der Waals surface area (Å²) in [5, 5.41) is 4.73. The third kappa shape index (κ3) is 2.72. The molecule has 0 bridgehead atoms. The minimum atomic E-state index is 1.05. The Bertz CT molecular complexity index is 502. The molecule has 0 fully saturated rings. The van der Waals surface area contributed by atoms with Crippen molar-refractivity contribution in [1.82, 2.24) is 10.3 Å². The Morgan fingerprint density at radius 1 is 1.35 bits per heavy atom. The summed E-state index contributed by atoms with van der Waals surface area (Å²) in [6.07, 6.45) is 2.32. The van der Waals surface area contributed by atoms with Gasteiger partial charge in [0, 0.05) is 15.6 Å². The molecule has 0 radical (unpaired) electrons. The molecule has 2 rings (SSSR count). The zero-order valence-corrected chi connectivity index (χ0v) is 12.0. The molecule has 2 N–H and O–H groups in total. The molecule has 0 aliphatic rings. The van der Waals surface area contributed by atoms with Crippen LogP contribution in [0.15, 0.2) is 22.7 Å². The van der Waals surface area contributed by atoms with Crippen LogP contribution in [0.3, 0.4) is 0 Å². The highest BCUT2D eigenvalue weighted by Gasteiger charge is 2.09. The monoisotopic (exact) mass is 294 g/mol. The fourth-order valence-electron chi connectivity index (χ4n) is 2.26. The maximum absolute atomic E-state index is 3.59. The molecule has 0 spiro atoms. The third-order valence-electron chi connectivity index (χ3n) is 3.13. The highest BCUT2D eigenvalue weighted by Crippen LogP contribution is 2.28. The van der Waals surface area contributed by atoms with E-state index in [4.69, 9.17) is 0 Å². The number of aromatic nitrogens is 1. The van der Waals surface area contributed by atoms with E-state index >= 15 is 0 Å². The van der Waals surface area contributed by atoms with Gasteiger partial charge in [-0.3, -0.25) is 0 Å². The van der Waals surface area contributed by atoms with Crippen molar-refractivity contribution in [2.75, 3.05) is 13.1 Å². The smallest absolute Gasteiger partial charge is 0.0603 e. The minimum absolute atomic E-state index is 1.05. The number of H-pyrrole nitrogens is 1. The quantitative estimate of drug-likeness (QED) is 0.807. The van der Waals surface area contributed by atoms with Crippen LogP contribution in [0.1, 0.15) is 24.6 Å². The summed E-state index contributed by atoms with van der Waals surface area (Å²) < 4.78 is 1.15. The van der Waals surface area contributed by atoms with Crippen LogP contribution < -0.4 is 5.32 Å². The van der Waals surface area contributed by atoms with Crippen molar-refractivity contribution in [1.29, 1.82) is 0 Å². The Balaban J connectivity index is 2.21. The molecule has 0 aliphatic heterocycles. The fourth-order valence-corrected chi connectivity index (χ4v) is 2.72. The Kier molecular flexibility index (Phi) is 4.24. The van der Waals surface area contributed by atoms with Gasteiger partial charge in [0.25, 0.3) is 0 Å². The lowest BCUT2D eigenvalue weighted by molar-refractivity contribution is 0.673. The molecule has 1 aromatic carbocycles. The molecule has 0 saturated carbocycles. The maximum atomic E-state index is 3.59. The van der Waals surface area contributed by atoms with Crippen molar-refractivity contribution in [3.05, 3.63) is 33.9 Å². The topological polar surface area (TPSA) is 27.8 Å². The number of para-hydroxylation sites is 1. The first-order chi connectivity index (χ1) is 8.24. The first-order valence-electron chi connectivity index (χ1n) is 6.20. The number of halogens is 1. The summed E-state index contributed by atoms with van der Waals surface area (Å²) >= 11 is 3.59. The van der Waals surface area contributed by atoms with Crippen molar-refractivity contribution in [2.24, 2.45) is 0 Å². The molecule has 0 aliphatic carbocycles. The van der Waals surface area contributed by atoms with Gasteiger partial charge in [-0.05, 0) is 60.4 Å². The molecule has 0 saturated heterocycles. The summed E-state index contributed by atoms with van der Waals surface area (Å²) in [5.74, 6) is 0. The molecule has 17 heavy (non-hydrogen) atoms. The largest absolute Gasteiger partial charge is 0.357 e. The normalized spacial score (nSPS) is 11.2. The number of aryl methyl sites for hydroxylation is 2. The standard InChI is InChI=1S/C14H19BrN2/c1-3-16-9-5-7-11-10(2)17-14-12(11)6-4-8-13(14)15/h4,6,8,16-17H,3,5,7,9H2,1-2H3. The molecular formula is C14H19BrN2. The molecule has 3 heteroatoms. The van der Waals surface area contributed by atoms with E-state index in [1.54, 1.807) is 0 Å². The molecule has 0 atom stereocenters. The lowest BCUT2D eigenvalue weighted by Crippen LogP contribution is -2.14. The van der Waals surface area contributed by atoms with E-state index in [1.165, 1.54) is 28.6 Å². The fraction of sp³-hybridized carbons (Fsp3) is 0.429. The first kappa shape index (κ1) is 12.7. The zero-order valence-electron chi connectivity index (χ0n) is 10.4. The van der Waals surface area contributed by atoms with E-state index in [-0.39, 0.29) is 0 Å². The molecule has 1 aromatic heterocycles. The van der Waals surface area contributed by atoms with Gasteiger partial charge in [0.2, 0.25) is 0 Å². The van der Waals surface area contributed by atoms with Crippen LogP contribution in [0.2, 0.25) is 0 Å². The van der Waals surface area contributed by atoms with Gasteiger partial charge >= 0.3 is 0 Å². The number of hydrogen-bond acceptors (Lipinski definition) is 1. The average molecular weight is 295 g/mol. The van der Waals surface area contributed by atoms with Crippen molar-refractivity contribution in [3.63, 3.8) is 0 Å². The minimum Gasteiger partial charge on any atom is -0.357 e. The van der Waals surface area contributed by atoms with Crippen molar-refractivity contribution >= 4 is 26.8 Å². The van der Waals surface area contributed by atoms with E-state index in [1.807, 2.05) is 0 Å². The predicted octanol–water partition coefficient (Wildman–Crippen LogP) is 3.78. The summed E-state index contributed by atoms with van der Waals surface area (Å²) in [5.41, 5.74) is 3.98. The van der Waals surface area contributed by atoms with Crippen LogP contribution in [0, 0.1) is 6.92 Å². The third-order valence-corrected chi connectivity index (χ3v) is 3.80. The summed E-state index contributed by atoms with van der Waals surface area (Å²) in [6, 6.07) is 6.39. The van der Waals surface area contributed by atoms with Gasteiger partial charge in [0.1, 0.15) is 0 Å². The van der Waals surface area contributed by atoms with Gasteiger partial charge in [0.15, 0.2) is 0 Å². The summed E-state index contributed by atoms with van der Waals surface area (Å²) in [7, 11) is 0. The van der Waals surface area contributed by atoms with Crippen LogP contribution >= 0.6 is 15.9 Å². The lowest BCUT2D eigenvalue weighted by Gasteiger charge is -2.03. The summed E-state index contributed by atoms with van der Waals surface area (Å²) in [4.78, 5) is 3.47. The van der Waals surface area contributed by atoms with Gasteiger partial charge < -0.3 is 10.3 Å². The number of rotatable bonds is 5. The van der Waals surface area contributed by atoms with Gasteiger partial charge in [-0.1, -0.05) is 19.1 Å². The van der Waals surface area contributed by atoms with Gasteiger partial charge in [-0.25, -0.2) is 0 Å². The van der Waals surface area contributed by atoms with E-state index in [9.17, 15) is 0 Å². The molecule has 0 amide bonds. The van der Waals surface area contributed by atoms with Crippen molar-refractivity contribution < 1.29 is 0 Å². The lowest BCUT2D eigenvalue weighted by atomic mass is 10.1. The highest BCUT2D eigenvalue weighted by atomic mass is 79.9. The molecule has 0 unspecified atom stereocenters. The van der Waals surface area contributed by atoms with Gasteiger partial charge in [0.05, 0.1) is 5.52 Å². The second-order valence-corrected chi connectivity index (χ2v) is 5.20. The average Bonchev–Trinajstić information content (AvgIpc) is 2.63. The zero-order chi connectivity index (χ0) is 12.3. The second-order valence-electron chi connectivity index (χ2n) is 4.35. The van der Waals surface area contributed by atoms with Crippen LogP contribution in [0.5, 0.6) is 0 Å². The molecule has 2 aromatic rings. The number of fused-ring (bicyclic) bond motifs is 1. The van der Waals surface area contributed by atoms with E-state index in [0.717, 1.165) is 24.0 Å². The van der Waals surface area contributed by atoms with Crippen molar-refractivity contribution in [3.8, 4) is 0 Å². The van der Waals surface area contributed by atoms with E-state index < -0.39 is 0 Å². The SMILES string of the molecule is CCNCCCc1c(C)[nH]c2c(Br)cccc12. The summed E-state index contributed by atoms with van der Waals surface area (Å²) in [6.45, 7) is 6.46. The molecule has 92 valence electrons. The molecular weight excluding hydrogens is 276 g/mol. The predicted molar refractivity (Wildman–Crippen MR) is 77.6 cm³/mol. The number of nitrogens with one attached hydrogen (secondary N) is 2. The van der Waals surface area contributed by atoms with Crippen LogP contribution in [0.4, 0.5) is 0 Å². The van der Waals surface area contributed by atoms with Gasteiger partial charge in [-0.15, -0.1) is 0 Å². The Labute approximate surface area is 111 Å². The van der Waals surface area contributed by atoms with Crippen LogP contribution in [-0.2, 0) is 6.42 Å². The van der Waals surface area contributed by atoms with Crippen LogP contribution in [0.25, 0.3) is 10.9 Å². The Hall–Kier alpha value is -0.800. The first-order valence-corrected chi connectivity index (χ1v) is 6.99. The second kappa shape index (κ2) is 5.69. The number of benzene rings is 1. The number of hydrogen-bond donors (Lipinski definition) is 2. The Morgan fingerprint density at radius 3 is 2.94 bits per heavy atom. The van der Waals surface area contributed by atoms with E-state index in [2.05, 4.69) is 58.3 Å².